The van der Waals surface area contributed by atoms with Crippen molar-refractivity contribution in [2.24, 2.45) is 0 Å². The first-order valence-electron chi connectivity index (χ1n) is 12.2. The highest BCUT2D eigenvalue weighted by atomic mass is 16.5. The van der Waals surface area contributed by atoms with E-state index in [1.165, 1.54) is 0 Å². The standard InChI is InChI=1S/C28H24N8O2/c1-3-5-23(37)31-18-12-17(14-29-15-18)21-8-9-22-25(32-21)26(36-35-22)28-33-24-20(10-11-30-27(24)34-28)16-6-4-7-19(13-16)38-2/h4,6-15H,3,5H2,1-2H3,(H,31,37)(H,35,36)(H,30,33,34). The van der Waals surface area contributed by atoms with Gasteiger partial charge in [0.25, 0.3) is 0 Å². The molecule has 6 aromatic rings. The van der Waals surface area contributed by atoms with Gasteiger partial charge in [0.05, 0.1) is 30.2 Å². The van der Waals surface area contributed by atoms with Gasteiger partial charge in [-0.3, -0.25) is 14.9 Å². The normalized spacial score (nSPS) is 11.2. The maximum absolute atomic E-state index is 12.0. The van der Waals surface area contributed by atoms with E-state index < -0.39 is 0 Å². The molecule has 0 spiro atoms. The van der Waals surface area contributed by atoms with Crippen LogP contribution in [0.15, 0.2) is 67.1 Å². The molecule has 6 rings (SSSR count). The Balaban J connectivity index is 1.40. The Morgan fingerprint density at radius 2 is 1.95 bits per heavy atom. The van der Waals surface area contributed by atoms with Gasteiger partial charge in [-0.2, -0.15) is 5.10 Å². The molecule has 0 aliphatic carbocycles. The average molecular weight is 505 g/mol. The predicted octanol–water partition coefficient (Wildman–Crippen LogP) is 5.37. The largest absolute Gasteiger partial charge is 0.497 e. The van der Waals surface area contributed by atoms with Crippen LogP contribution in [-0.2, 0) is 4.79 Å². The molecular weight excluding hydrogens is 480 g/mol. The van der Waals surface area contributed by atoms with E-state index in [2.05, 4.69) is 30.5 Å². The quantitative estimate of drug-likeness (QED) is 0.266. The Kier molecular flexibility index (Phi) is 5.97. The second-order valence-electron chi connectivity index (χ2n) is 8.80. The lowest BCUT2D eigenvalue weighted by molar-refractivity contribution is -0.116. The van der Waals surface area contributed by atoms with Gasteiger partial charge in [0.2, 0.25) is 5.91 Å². The van der Waals surface area contributed by atoms with Crippen molar-refractivity contribution < 1.29 is 9.53 Å². The number of anilines is 1. The van der Waals surface area contributed by atoms with Crippen molar-refractivity contribution in [2.45, 2.75) is 19.8 Å². The Morgan fingerprint density at radius 3 is 2.82 bits per heavy atom. The predicted molar refractivity (Wildman–Crippen MR) is 146 cm³/mol. The van der Waals surface area contributed by atoms with Crippen molar-refractivity contribution in [1.82, 2.24) is 35.1 Å². The van der Waals surface area contributed by atoms with Crippen LogP contribution in [-0.4, -0.2) is 48.1 Å². The number of methoxy groups -OCH3 is 1. The average Bonchev–Trinajstić information content (AvgIpc) is 3.57. The van der Waals surface area contributed by atoms with E-state index in [4.69, 9.17) is 14.7 Å². The van der Waals surface area contributed by atoms with Crippen molar-refractivity contribution >= 4 is 33.8 Å². The molecule has 0 bridgehead atoms. The van der Waals surface area contributed by atoms with Crippen LogP contribution in [0.3, 0.4) is 0 Å². The van der Waals surface area contributed by atoms with Gasteiger partial charge in [0, 0.05) is 29.9 Å². The van der Waals surface area contributed by atoms with E-state index in [0.717, 1.165) is 39.9 Å². The van der Waals surface area contributed by atoms with Crippen molar-refractivity contribution in [3.63, 3.8) is 0 Å². The molecule has 5 heterocycles. The first kappa shape index (κ1) is 23.3. The number of carbonyl (C=O) groups excluding carboxylic acids is 1. The SMILES string of the molecule is CCCC(=O)Nc1cncc(-c2ccc3[nH]nc(-c4nc5c(-c6cccc(OC)c6)ccnc5[nH]4)c3n2)c1. The zero-order chi connectivity index (χ0) is 26.1. The van der Waals surface area contributed by atoms with Gasteiger partial charge in [-0.15, -0.1) is 0 Å². The number of amides is 1. The van der Waals surface area contributed by atoms with Gasteiger partial charge in [0.15, 0.2) is 17.2 Å². The van der Waals surface area contributed by atoms with Crippen molar-refractivity contribution in [3.05, 3.63) is 67.1 Å². The minimum Gasteiger partial charge on any atom is -0.497 e. The van der Waals surface area contributed by atoms with Gasteiger partial charge in [0.1, 0.15) is 16.8 Å². The van der Waals surface area contributed by atoms with Crippen LogP contribution in [0.25, 0.3) is 56.1 Å². The van der Waals surface area contributed by atoms with Crippen LogP contribution in [0.4, 0.5) is 5.69 Å². The molecule has 0 saturated carbocycles. The van der Waals surface area contributed by atoms with Crippen LogP contribution in [0.1, 0.15) is 19.8 Å². The van der Waals surface area contributed by atoms with Crippen molar-refractivity contribution in [2.75, 3.05) is 12.4 Å². The number of aromatic nitrogens is 7. The molecule has 10 heteroatoms. The van der Waals surface area contributed by atoms with E-state index in [9.17, 15) is 4.79 Å². The molecule has 0 aliphatic heterocycles. The summed E-state index contributed by atoms with van der Waals surface area (Å²) in [4.78, 5) is 33.8. The fourth-order valence-electron chi connectivity index (χ4n) is 4.37. The number of H-pyrrole nitrogens is 2. The summed E-state index contributed by atoms with van der Waals surface area (Å²) >= 11 is 0. The van der Waals surface area contributed by atoms with Gasteiger partial charge in [-0.1, -0.05) is 19.1 Å². The molecule has 5 aromatic heterocycles. The number of carbonyl (C=O) groups is 1. The number of ether oxygens (including phenoxy) is 1. The molecule has 1 aromatic carbocycles. The van der Waals surface area contributed by atoms with Crippen LogP contribution in [0.5, 0.6) is 5.75 Å². The Labute approximate surface area is 217 Å². The highest BCUT2D eigenvalue weighted by molar-refractivity contribution is 5.95. The summed E-state index contributed by atoms with van der Waals surface area (Å²) in [7, 11) is 1.65. The molecular formula is C28H24N8O2. The number of nitrogens with zero attached hydrogens (tertiary/aromatic N) is 5. The summed E-state index contributed by atoms with van der Waals surface area (Å²) in [6.07, 6.45) is 6.32. The van der Waals surface area contributed by atoms with Crippen LogP contribution >= 0.6 is 0 Å². The smallest absolute Gasteiger partial charge is 0.224 e. The second kappa shape index (κ2) is 9.74. The molecule has 3 N–H and O–H groups in total. The molecule has 1 amide bonds. The highest BCUT2D eigenvalue weighted by Gasteiger charge is 2.18. The third-order valence-corrected chi connectivity index (χ3v) is 6.19. The number of fused-ring (bicyclic) bond motifs is 2. The number of rotatable bonds is 7. The van der Waals surface area contributed by atoms with E-state index in [1.807, 2.05) is 55.5 Å². The molecule has 0 atom stereocenters. The molecule has 0 aliphatic rings. The lowest BCUT2D eigenvalue weighted by Crippen LogP contribution is -2.10. The number of nitrogens with one attached hydrogen (secondary N) is 3. The summed E-state index contributed by atoms with van der Waals surface area (Å²) < 4.78 is 5.39. The number of hydrogen-bond donors (Lipinski definition) is 3. The first-order valence-corrected chi connectivity index (χ1v) is 12.2. The maximum atomic E-state index is 12.0. The summed E-state index contributed by atoms with van der Waals surface area (Å²) in [6.45, 7) is 1.97. The lowest BCUT2D eigenvalue weighted by Gasteiger charge is -2.06. The Morgan fingerprint density at radius 1 is 1.03 bits per heavy atom. The van der Waals surface area contributed by atoms with Crippen LogP contribution < -0.4 is 10.1 Å². The van der Waals surface area contributed by atoms with E-state index >= 15 is 0 Å². The summed E-state index contributed by atoms with van der Waals surface area (Å²) in [5.41, 5.74) is 7.38. The number of benzene rings is 1. The first-order chi connectivity index (χ1) is 18.6. The Bertz CT molecular complexity index is 1790. The Hall–Kier alpha value is -5.12. The highest BCUT2D eigenvalue weighted by Crippen LogP contribution is 2.32. The van der Waals surface area contributed by atoms with Crippen molar-refractivity contribution in [3.8, 4) is 39.7 Å². The second-order valence-corrected chi connectivity index (χ2v) is 8.80. The third kappa shape index (κ3) is 4.32. The number of aromatic amines is 2. The zero-order valence-corrected chi connectivity index (χ0v) is 20.8. The molecule has 10 nitrogen and oxygen atoms in total. The van der Waals surface area contributed by atoms with Gasteiger partial charge < -0.3 is 15.0 Å². The molecule has 188 valence electrons. The van der Waals surface area contributed by atoms with Gasteiger partial charge in [-0.05, 0) is 48.4 Å². The maximum Gasteiger partial charge on any atom is 0.224 e. The molecule has 0 unspecified atom stereocenters. The monoisotopic (exact) mass is 504 g/mol. The number of pyridine rings is 3. The summed E-state index contributed by atoms with van der Waals surface area (Å²) in [6, 6.07) is 15.4. The topological polar surface area (TPSA) is 134 Å². The van der Waals surface area contributed by atoms with E-state index in [0.29, 0.717) is 40.5 Å². The molecule has 38 heavy (non-hydrogen) atoms. The molecule has 0 saturated heterocycles. The minimum absolute atomic E-state index is 0.0428. The van der Waals surface area contributed by atoms with Gasteiger partial charge in [-0.25, -0.2) is 15.0 Å². The number of imidazole rings is 1. The molecule has 0 fully saturated rings. The minimum atomic E-state index is -0.0428. The van der Waals surface area contributed by atoms with E-state index in [-0.39, 0.29) is 5.91 Å². The zero-order valence-electron chi connectivity index (χ0n) is 20.8. The van der Waals surface area contributed by atoms with E-state index in [1.54, 1.807) is 25.7 Å². The van der Waals surface area contributed by atoms with Crippen LogP contribution in [0.2, 0.25) is 0 Å². The molecule has 0 radical (unpaired) electrons. The lowest BCUT2D eigenvalue weighted by atomic mass is 10.1. The third-order valence-electron chi connectivity index (χ3n) is 6.19. The summed E-state index contributed by atoms with van der Waals surface area (Å²) in [5.74, 6) is 1.28. The van der Waals surface area contributed by atoms with Crippen molar-refractivity contribution in [1.29, 1.82) is 0 Å². The summed E-state index contributed by atoms with van der Waals surface area (Å²) in [5, 5.41) is 10.4. The number of hydrogen-bond acceptors (Lipinski definition) is 7. The van der Waals surface area contributed by atoms with Crippen LogP contribution in [0, 0.1) is 0 Å². The fourth-order valence-corrected chi connectivity index (χ4v) is 4.37. The van der Waals surface area contributed by atoms with Gasteiger partial charge >= 0.3 is 0 Å². The fraction of sp³-hybridized carbons (Fsp3) is 0.143.